The molecule has 98 valence electrons. The Bertz CT molecular complexity index is 463. The minimum absolute atomic E-state index is 0.0414. The Morgan fingerprint density at radius 2 is 2.17 bits per heavy atom. The maximum Gasteiger partial charge on any atom is 0.287 e. The predicted molar refractivity (Wildman–Crippen MR) is 69.0 cm³/mol. The number of carbonyl (C=O) groups is 1. The number of carbonyl (C=O) groups excluding carboxylic acids is 1. The molecule has 0 aliphatic carbocycles. The van der Waals surface area contributed by atoms with Crippen LogP contribution in [0.4, 0.5) is 5.69 Å². The molecular formula is C11H14ClN3O3. The Morgan fingerprint density at radius 1 is 1.50 bits per heavy atom. The van der Waals surface area contributed by atoms with Crippen molar-refractivity contribution in [2.75, 3.05) is 27.2 Å². The predicted octanol–water partition coefficient (Wildman–Crippen LogP) is 1.54. The molecule has 7 heteroatoms. The summed E-state index contributed by atoms with van der Waals surface area (Å²) in [5.74, 6) is -0.298. The topological polar surface area (TPSA) is 75.5 Å². The Hall–Kier alpha value is -1.66. The molecule has 1 N–H and O–H groups in total. The van der Waals surface area contributed by atoms with Crippen molar-refractivity contribution in [3.8, 4) is 0 Å². The third-order valence-corrected chi connectivity index (χ3v) is 2.55. The van der Waals surface area contributed by atoms with E-state index in [1.807, 2.05) is 19.0 Å². The molecule has 0 bridgehead atoms. The molecule has 0 unspecified atom stereocenters. The summed E-state index contributed by atoms with van der Waals surface area (Å²) in [5.41, 5.74) is 0.103. The fraction of sp³-hybridized carbons (Fsp3) is 0.364. The number of nitro benzene ring substituents is 1. The molecule has 18 heavy (non-hydrogen) atoms. The largest absolute Gasteiger partial charge is 0.351 e. The summed E-state index contributed by atoms with van der Waals surface area (Å²) in [4.78, 5) is 23.6. The van der Waals surface area contributed by atoms with Gasteiger partial charge in [0.1, 0.15) is 5.02 Å². The summed E-state index contributed by atoms with van der Waals surface area (Å²) in [7, 11) is 3.80. The van der Waals surface area contributed by atoms with Crippen LogP contribution in [-0.4, -0.2) is 42.9 Å². The smallest absolute Gasteiger partial charge is 0.287 e. The van der Waals surface area contributed by atoms with Gasteiger partial charge in [-0.05, 0) is 26.2 Å². The highest BCUT2D eigenvalue weighted by Gasteiger charge is 2.14. The van der Waals surface area contributed by atoms with Gasteiger partial charge >= 0.3 is 0 Å². The molecule has 1 aromatic carbocycles. The van der Waals surface area contributed by atoms with Crippen molar-refractivity contribution in [1.82, 2.24) is 10.2 Å². The van der Waals surface area contributed by atoms with Crippen molar-refractivity contribution >= 4 is 23.2 Å². The van der Waals surface area contributed by atoms with E-state index in [0.29, 0.717) is 18.7 Å². The van der Waals surface area contributed by atoms with Crippen LogP contribution in [0.3, 0.4) is 0 Å². The van der Waals surface area contributed by atoms with Gasteiger partial charge in [0.05, 0.1) is 4.92 Å². The molecule has 0 aliphatic heterocycles. The van der Waals surface area contributed by atoms with Crippen LogP contribution >= 0.6 is 11.6 Å². The van der Waals surface area contributed by atoms with E-state index in [0.717, 1.165) is 0 Å². The highest BCUT2D eigenvalue weighted by molar-refractivity contribution is 6.33. The number of nitrogens with one attached hydrogen (secondary N) is 1. The van der Waals surface area contributed by atoms with Crippen LogP contribution in [0.2, 0.25) is 5.02 Å². The molecular weight excluding hydrogens is 258 g/mol. The lowest BCUT2D eigenvalue weighted by molar-refractivity contribution is -0.384. The SMILES string of the molecule is CN(C)CCNC(=O)c1ccc([N+](=O)[O-])c(Cl)c1. The third-order valence-electron chi connectivity index (χ3n) is 2.25. The number of nitrogens with zero attached hydrogens (tertiary/aromatic N) is 2. The van der Waals surface area contributed by atoms with Crippen molar-refractivity contribution in [1.29, 1.82) is 0 Å². The highest BCUT2D eigenvalue weighted by atomic mass is 35.5. The van der Waals surface area contributed by atoms with Crippen LogP contribution in [0.15, 0.2) is 18.2 Å². The zero-order chi connectivity index (χ0) is 13.7. The standard InChI is InChI=1S/C11H14ClN3O3/c1-14(2)6-5-13-11(16)8-3-4-10(15(17)18)9(12)7-8/h3-4,7H,5-6H2,1-2H3,(H,13,16). The molecule has 0 aromatic heterocycles. The second-order valence-corrected chi connectivity index (χ2v) is 4.39. The number of hydrogen-bond acceptors (Lipinski definition) is 4. The molecule has 1 rings (SSSR count). The van der Waals surface area contributed by atoms with E-state index in [9.17, 15) is 14.9 Å². The first-order valence-electron chi connectivity index (χ1n) is 5.28. The van der Waals surface area contributed by atoms with Crippen molar-refractivity contribution in [3.63, 3.8) is 0 Å². The van der Waals surface area contributed by atoms with Crippen LogP contribution in [0.25, 0.3) is 0 Å². The molecule has 0 aliphatic rings. The zero-order valence-electron chi connectivity index (χ0n) is 10.1. The van der Waals surface area contributed by atoms with Crippen LogP contribution in [0.5, 0.6) is 0 Å². The average Bonchev–Trinajstić information content (AvgIpc) is 2.27. The molecule has 1 amide bonds. The van der Waals surface area contributed by atoms with E-state index in [1.165, 1.54) is 18.2 Å². The number of amides is 1. The van der Waals surface area contributed by atoms with Crippen molar-refractivity contribution in [2.24, 2.45) is 0 Å². The second-order valence-electron chi connectivity index (χ2n) is 3.98. The van der Waals surface area contributed by atoms with Crippen molar-refractivity contribution in [2.45, 2.75) is 0 Å². The quantitative estimate of drug-likeness (QED) is 0.651. The number of benzene rings is 1. The molecule has 0 spiro atoms. The van der Waals surface area contributed by atoms with E-state index in [-0.39, 0.29) is 16.6 Å². The number of likely N-dealkylation sites (N-methyl/N-ethyl adjacent to an activating group) is 1. The lowest BCUT2D eigenvalue weighted by atomic mass is 10.2. The van der Waals surface area contributed by atoms with Gasteiger partial charge in [0.15, 0.2) is 0 Å². The van der Waals surface area contributed by atoms with E-state index in [1.54, 1.807) is 0 Å². The van der Waals surface area contributed by atoms with Gasteiger partial charge in [0, 0.05) is 24.7 Å². The summed E-state index contributed by atoms with van der Waals surface area (Å²) in [6.07, 6.45) is 0. The van der Waals surface area contributed by atoms with Crippen LogP contribution < -0.4 is 5.32 Å². The molecule has 0 fully saturated rings. The van der Waals surface area contributed by atoms with E-state index < -0.39 is 4.92 Å². The van der Waals surface area contributed by atoms with Gasteiger partial charge in [-0.3, -0.25) is 14.9 Å². The van der Waals surface area contributed by atoms with Gasteiger partial charge in [-0.15, -0.1) is 0 Å². The summed E-state index contributed by atoms with van der Waals surface area (Å²) in [6.45, 7) is 1.22. The summed E-state index contributed by atoms with van der Waals surface area (Å²) >= 11 is 5.72. The van der Waals surface area contributed by atoms with Crippen molar-refractivity contribution < 1.29 is 9.72 Å². The molecule has 0 saturated heterocycles. The maximum absolute atomic E-state index is 11.7. The number of rotatable bonds is 5. The average molecular weight is 272 g/mol. The maximum atomic E-state index is 11.7. The number of halogens is 1. The Morgan fingerprint density at radius 3 is 2.67 bits per heavy atom. The summed E-state index contributed by atoms with van der Waals surface area (Å²) in [5, 5.41) is 13.2. The van der Waals surface area contributed by atoms with Gasteiger partial charge < -0.3 is 10.2 Å². The molecule has 0 atom stereocenters. The van der Waals surface area contributed by atoms with E-state index in [2.05, 4.69) is 5.32 Å². The zero-order valence-corrected chi connectivity index (χ0v) is 10.9. The fourth-order valence-corrected chi connectivity index (χ4v) is 1.54. The molecule has 1 aromatic rings. The van der Waals surface area contributed by atoms with Gasteiger partial charge in [0.25, 0.3) is 11.6 Å². The third kappa shape index (κ3) is 3.97. The minimum atomic E-state index is -0.587. The second kappa shape index (κ2) is 6.32. The van der Waals surface area contributed by atoms with Crippen LogP contribution in [-0.2, 0) is 0 Å². The summed E-state index contributed by atoms with van der Waals surface area (Å²) in [6, 6.07) is 3.91. The number of hydrogen-bond donors (Lipinski definition) is 1. The molecule has 0 heterocycles. The van der Waals surface area contributed by atoms with Crippen LogP contribution in [0.1, 0.15) is 10.4 Å². The van der Waals surface area contributed by atoms with Gasteiger partial charge in [-0.2, -0.15) is 0 Å². The number of nitro groups is 1. The first-order chi connectivity index (χ1) is 8.41. The minimum Gasteiger partial charge on any atom is -0.351 e. The van der Waals surface area contributed by atoms with Crippen LogP contribution in [0, 0.1) is 10.1 Å². The summed E-state index contributed by atoms with van der Waals surface area (Å²) < 4.78 is 0. The fourth-order valence-electron chi connectivity index (χ4n) is 1.29. The lowest BCUT2D eigenvalue weighted by Gasteiger charge is -2.10. The first kappa shape index (κ1) is 14.4. The van der Waals surface area contributed by atoms with Gasteiger partial charge in [-0.25, -0.2) is 0 Å². The van der Waals surface area contributed by atoms with E-state index in [4.69, 9.17) is 11.6 Å². The monoisotopic (exact) mass is 271 g/mol. The normalized spacial score (nSPS) is 10.4. The highest BCUT2D eigenvalue weighted by Crippen LogP contribution is 2.24. The molecule has 6 nitrogen and oxygen atoms in total. The first-order valence-corrected chi connectivity index (χ1v) is 5.66. The van der Waals surface area contributed by atoms with Gasteiger partial charge in [-0.1, -0.05) is 11.6 Å². The molecule has 0 radical (unpaired) electrons. The van der Waals surface area contributed by atoms with E-state index >= 15 is 0 Å². The Labute approximate surface area is 110 Å². The Kier molecular flexibility index (Phi) is 5.06. The molecule has 0 saturated carbocycles. The Balaban J connectivity index is 2.70. The van der Waals surface area contributed by atoms with Gasteiger partial charge in [0.2, 0.25) is 0 Å². The van der Waals surface area contributed by atoms with Crippen molar-refractivity contribution in [3.05, 3.63) is 38.9 Å². The lowest BCUT2D eigenvalue weighted by Crippen LogP contribution is -2.31.